The number of anilines is 1. The molecule has 0 radical (unpaired) electrons. The number of hydrogen-bond acceptors (Lipinski definition) is 5. The van der Waals surface area contributed by atoms with Gasteiger partial charge in [0.25, 0.3) is 5.91 Å². The van der Waals surface area contributed by atoms with Gasteiger partial charge in [-0.25, -0.2) is 0 Å². The van der Waals surface area contributed by atoms with Gasteiger partial charge in [0.1, 0.15) is 0 Å². The van der Waals surface area contributed by atoms with Gasteiger partial charge >= 0.3 is 0 Å². The fourth-order valence-electron chi connectivity index (χ4n) is 2.99. The normalized spacial score (nSPS) is 11.7. The third-order valence-electron chi connectivity index (χ3n) is 4.58. The molecule has 1 aromatic heterocycles. The van der Waals surface area contributed by atoms with Gasteiger partial charge in [0.2, 0.25) is 5.91 Å². The minimum absolute atomic E-state index is 0.105. The molecule has 2 aromatic carbocycles. The first kappa shape index (κ1) is 21.6. The van der Waals surface area contributed by atoms with Crippen LogP contribution in [-0.4, -0.2) is 32.3 Å². The van der Waals surface area contributed by atoms with Crippen molar-refractivity contribution in [3.05, 3.63) is 71.5 Å². The fraction of sp³-hybridized carbons (Fsp3) is 0.273. The van der Waals surface area contributed by atoms with E-state index in [0.29, 0.717) is 23.1 Å². The van der Waals surface area contributed by atoms with Crippen LogP contribution in [0.15, 0.2) is 59.8 Å². The summed E-state index contributed by atoms with van der Waals surface area (Å²) >= 11 is 1.32. The number of carbonyl (C=O) groups is 2. The quantitative estimate of drug-likeness (QED) is 0.538. The lowest BCUT2D eigenvalue weighted by Crippen LogP contribution is -2.28. The van der Waals surface area contributed by atoms with Crippen molar-refractivity contribution < 1.29 is 9.59 Å². The van der Waals surface area contributed by atoms with Crippen LogP contribution in [0.5, 0.6) is 0 Å². The van der Waals surface area contributed by atoms with Crippen molar-refractivity contribution in [1.82, 2.24) is 20.1 Å². The Morgan fingerprint density at radius 3 is 2.47 bits per heavy atom. The van der Waals surface area contributed by atoms with E-state index in [0.717, 1.165) is 11.3 Å². The Morgan fingerprint density at radius 2 is 1.77 bits per heavy atom. The number of amides is 2. The van der Waals surface area contributed by atoms with Crippen LogP contribution in [-0.2, 0) is 11.3 Å². The second-order valence-electron chi connectivity index (χ2n) is 6.80. The highest BCUT2D eigenvalue weighted by molar-refractivity contribution is 7.99. The molecule has 156 valence electrons. The number of nitrogens with one attached hydrogen (secondary N) is 2. The number of rotatable bonds is 8. The van der Waals surface area contributed by atoms with Crippen LogP contribution in [0.2, 0.25) is 0 Å². The SMILES string of the molecule is CCn1c(SCC(=O)Nc2ccccc2C)nnc1[C@H](C)NC(=O)c1ccccc1. The predicted octanol–water partition coefficient (Wildman–Crippen LogP) is 3.83. The zero-order chi connectivity index (χ0) is 21.5. The van der Waals surface area contributed by atoms with E-state index in [-0.39, 0.29) is 23.6 Å². The molecule has 0 aliphatic rings. The summed E-state index contributed by atoms with van der Waals surface area (Å²) in [4.78, 5) is 24.8. The summed E-state index contributed by atoms with van der Waals surface area (Å²) in [5, 5.41) is 15.0. The van der Waals surface area contributed by atoms with Gasteiger partial charge in [-0.1, -0.05) is 48.2 Å². The summed E-state index contributed by atoms with van der Waals surface area (Å²) in [6, 6.07) is 16.4. The van der Waals surface area contributed by atoms with E-state index < -0.39 is 0 Å². The lowest BCUT2D eigenvalue weighted by molar-refractivity contribution is -0.113. The van der Waals surface area contributed by atoms with Gasteiger partial charge in [-0.05, 0) is 44.5 Å². The summed E-state index contributed by atoms with van der Waals surface area (Å²) in [6.07, 6.45) is 0. The number of hydrogen-bond donors (Lipinski definition) is 2. The molecule has 0 bridgehead atoms. The average Bonchev–Trinajstić information content (AvgIpc) is 3.17. The first-order chi connectivity index (χ1) is 14.5. The maximum Gasteiger partial charge on any atom is 0.251 e. The molecule has 7 nitrogen and oxygen atoms in total. The van der Waals surface area contributed by atoms with Crippen molar-refractivity contribution in [2.45, 2.75) is 38.5 Å². The van der Waals surface area contributed by atoms with Crippen molar-refractivity contribution >= 4 is 29.3 Å². The largest absolute Gasteiger partial charge is 0.342 e. The van der Waals surface area contributed by atoms with Gasteiger partial charge < -0.3 is 15.2 Å². The molecular weight excluding hydrogens is 398 g/mol. The van der Waals surface area contributed by atoms with Gasteiger partial charge in [0.15, 0.2) is 11.0 Å². The number of benzene rings is 2. The number of aromatic nitrogens is 3. The van der Waals surface area contributed by atoms with E-state index in [2.05, 4.69) is 20.8 Å². The molecule has 30 heavy (non-hydrogen) atoms. The summed E-state index contributed by atoms with van der Waals surface area (Å²) in [5.41, 5.74) is 2.41. The number of thioether (sulfide) groups is 1. The van der Waals surface area contributed by atoms with Gasteiger partial charge in [-0.2, -0.15) is 0 Å². The lowest BCUT2D eigenvalue weighted by atomic mass is 10.2. The molecule has 3 aromatic rings. The van der Waals surface area contributed by atoms with E-state index in [1.54, 1.807) is 12.1 Å². The molecule has 0 saturated carbocycles. The van der Waals surface area contributed by atoms with Gasteiger partial charge in [0, 0.05) is 17.8 Å². The molecule has 2 N–H and O–H groups in total. The molecule has 8 heteroatoms. The third kappa shape index (κ3) is 5.27. The van der Waals surface area contributed by atoms with Crippen molar-refractivity contribution in [2.75, 3.05) is 11.1 Å². The molecule has 0 unspecified atom stereocenters. The van der Waals surface area contributed by atoms with Crippen LogP contribution in [0.25, 0.3) is 0 Å². The van der Waals surface area contributed by atoms with Crippen LogP contribution in [0.3, 0.4) is 0 Å². The minimum Gasteiger partial charge on any atom is -0.342 e. The maximum absolute atomic E-state index is 12.4. The van der Waals surface area contributed by atoms with E-state index >= 15 is 0 Å². The zero-order valence-electron chi connectivity index (χ0n) is 17.3. The van der Waals surface area contributed by atoms with Crippen LogP contribution < -0.4 is 10.6 Å². The van der Waals surface area contributed by atoms with E-state index in [1.165, 1.54) is 11.8 Å². The molecule has 2 amide bonds. The Bertz CT molecular complexity index is 1020. The van der Waals surface area contributed by atoms with E-state index in [1.807, 2.05) is 67.8 Å². The third-order valence-corrected chi connectivity index (χ3v) is 5.55. The number of para-hydroxylation sites is 1. The Kier molecular flexibility index (Phi) is 7.24. The molecule has 0 aliphatic carbocycles. The maximum atomic E-state index is 12.4. The Morgan fingerprint density at radius 1 is 1.07 bits per heavy atom. The minimum atomic E-state index is -0.319. The summed E-state index contributed by atoms with van der Waals surface area (Å²) < 4.78 is 1.92. The average molecular weight is 424 g/mol. The predicted molar refractivity (Wildman–Crippen MR) is 119 cm³/mol. The fourth-order valence-corrected chi connectivity index (χ4v) is 3.80. The lowest BCUT2D eigenvalue weighted by Gasteiger charge is -2.15. The van der Waals surface area contributed by atoms with E-state index in [9.17, 15) is 9.59 Å². The van der Waals surface area contributed by atoms with Crippen LogP contribution in [0, 0.1) is 6.92 Å². The molecule has 0 aliphatic heterocycles. The molecule has 0 fully saturated rings. The monoisotopic (exact) mass is 423 g/mol. The standard InChI is InChI=1S/C22H25N5O2S/c1-4-27-20(16(3)23-21(29)17-11-6-5-7-12-17)25-26-22(27)30-14-19(28)24-18-13-9-8-10-15(18)2/h5-13,16H,4,14H2,1-3H3,(H,23,29)(H,24,28)/t16-/m0/s1. The molecule has 1 atom stereocenters. The first-order valence-electron chi connectivity index (χ1n) is 9.77. The van der Waals surface area contributed by atoms with Crippen LogP contribution in [0.1, 0.15) is 41.6 Å². The summed E-state index contributed by atoms with van der Waals surface area (Å²) in [5.74, 6) is 0.605. The van der Waals surface area contributed by atoms with Gasteiger partial charge in [-0.15, -0.1) is 10.2 Å². The highest BCUT2D eigenvalue weighted by Crippen LogP contribution is 2.21. The topological polar surface area (TPSA) is 88.9 Å². The molecular formula is C22H25N5O2S. The van der Waals surface area contributed by atoms with E-state index in [4.69, 9.17) is 0 Å². The van der Waals surface area contributed by atoms with Crippen molar-refractivity contribution in [2.24, 2.45) is 0 Å². The van der Waals surface area contributed by atoms with Gasteiger partial charge in [-0.3, -0.25) is 9.59 Å². The summed E-state index contributed by atoms with van der Waals surface area (Å²) in [6.45, 7) is 6.44. The summed E-state index contributed by atoms with van der Waals surface area (Å²) in [7, 11) is 0. The molecule has 0 spiro atoms. The Hall–Kier alpha value is -3.13. The highest BCUT2D eigenvalue weighted by atomic mass is 32.2. The second kappa shape index (κ2) is 10.1. The highest BCUT2D eigenvalue weighted by Gasteiger charge is 2.20. The Labute approximate surface area is 180 Å². The number of nitrogens with zero attached hydrogens (tertiary/aromatic N) is 3. The zero-order valence-corrected chi connectivity index (χ0v) is 18.1. The number of carbonyl (C=O) groups excluding carboxylic acids is 2. The van der Waals surface area contributed by atoms with Gasteiger partial charge in [0.05, 0.1) is 11.8 Å². The van der Waals surface area contributed by atoms with Crippen molar-refractivity contribution in [3.63, 3.8) is 0 Å². The molecule has 3 rings (SSSR count). The molecule has 0 saturated heterocycles. The molecule has 1 heterocycles. The Balaban J connectivity index is 1.63. The second-order valence-corrected chi connectivity index (χ2v) is 7.74. The van der Waals surface area contributed by atoms with Crippen LogP contribution >= 0.6 is 11.8 Å². The first-order valence-corrected chi connectivity index (χ1v) is 10.8. The van der Waals surface area contributed by atoms with Crippen molar-refractivity contribution in [3.8, 4) is 0 Å². The number of aryl methyl sites for hydroxylation is 1. The van der Waals surface area contributed by atoms with Crippen molar-refractivity contribution in [1.29, 1.82) is 0 Å². The smallest absolute Gasteiger partial charge is 0.251 e. The van der Waals surface area contributed by atoms with Crippen LogP contribution in [0.4, 0.5) is 5.69 Å².